The van der Waals surface area contributed by atoms with Crippen LogP contribution in [0.1, 0.15) is 27.7 Å². The molecule has 0 amide bonds. The molecule has 3 rings (SSSR count). The van der Waals surface area contributed by atoms with Crippen LogP contribution in [0.2, 0.25) is 0 Å². The van der Waals surface area contributed by atoms with Crippen molar-refractivity contribution in [2.45, 2.75) is 40.3 Å². The lowest BCUT2D eigenvalue weighted by Crippen LogP contribution is -2.24. The maximum absolute atomic E-state index is 13.4. The first-order valence-corrected chi connectivity index (χ1v) is 13.8. The van der Waals surface area contributed by atoms with Crippen LogP contribution in [0.3, 0.4) is 0 Å². The third kappa shape index (κ3) is 11.4. The summed E-state index contributed by atoms with van der Waals surface area (Å²) in [4.78, 5) is 43.4. The van der Waals surface area contributed by atoms with E-state index in [0.29, 0.717) is 35.6 Å². The number of nitrogens with zero attached hydrogens (tertiary/aromatic N) is 4. The van der Waals surface area contributed by atoms with Gasteiger partial charge in [0.2, 0.25) is 6.79 Å². The highest BCUT2D eigenvalue weighted by Crippen LogP contribution is 2.48. The first-order chi connectivity index (χ1) is 19.2. The van der Waals surface area contributed by atoms with Crippen LogP contribution in [0.5, 0.6) is 5.75 Å². The third-order valence-corrected chi connectivity index (χ3v) is 6.26. The average Bonchev–Trinajstić information content (AvgIpc) is 3.30. The summed E-state index contributed by atoms with van der Waals surface area (Å²) in [5.41, 5.74) is 6.15. The number of anilines is 1. The van der Waals surface area contributed by atoms with Crippen molar-refractivity contribution in [3.8, 4) is 5.75 Å². The van der Waals surface area contributed by atoms with Crippen molar-refractivity contribution in [2.75, 3.05) is 18.9 Å². The number of hydrogen-bond donors (Lipinski definition) is 3. The molecule has 0 aliphatic heterocycles. The quantitative estimate of drug-likeness (QED) is 0.119. The van der Waals surface area contributed by atoms with Gasteiger partial charge in [-0.1, -0.05) is 18.2 Å². The second-order valence-electron chi connectivity index (χ2n) is 9.39. The van der Waals surface area contributed by atoms with Gasteiger partial charge in [0.15, 0.2) is 17.8 Å². The molecule has 1 unspecified atom stereocenters. The lowest BCUT2D eigenvalue weighted by atomic mass is 9.98. The van der Waals surface area contributed by atoms with Crippen molar-refractivity contribution in [1.29, 1.82) is 0 Å². The average molecular weight is 594 g/mol. The van der Waals surface area contributed by atoms with E-state index < -0.39 is 43.8 Å². The lowest BCUT2D eigenvalue weighted by molar-refractivity contribution is -0.160. The van der Waals surface area contributed by atoms with Crippen LogP contribution in [0.15, 0.2) is 55.1 Å². The van der Waals surface area contributed by atoms with Crippen LogP contribution in [0.25, 0.3) is 11.2 Å². The number of carbonyl (C=O) groups is 3. The Balaban J connectivity index is 0.000000642. The van der Waals surface area contributed by atoms with Crippen LogP contribution in [-0.4, -0.2) is 66.9 Å². The Morgan fingerprint density at radius 3 is 2.29 bits per heavy atom. The van der Waals surface area contributed by atoms with Crippen LogP contribution >= 0.6 is 7.60 Å². The van der Waals surface area contributed by atoms with Gasteiger partial charge in [0.05, 0.1) is 24.4 Å². The molecule has 222 valence electrons. The zero-order valence-corrected chi connectivity index (χ0v) is 23.8. The molecule has 1 aromatic carbocycles. The van der Waals surface area contributed by atoms with E-state index in [2.05, 4.69) is 15.0 Å². The maximum atomic E-state index is 13.4. The van der Waals surface area contributed by atoms with Gasteiger partial charge >= 0.3 is 25.5 Å². The molecule has 41 heavy (non-hydrogen) atoms. The largest absolute Gasteiger partial charge is 0.478 e. The van der Waals surface area contributed by atoms with E-state index in [9.17, 15) is 18.9 Å². The second kappa shape index (κ2) is 14.9. The lowest BCUT2D eigenvalue weighted by Gasteiger charge is -2.22. The summed E-state index contributed by atoms with van der Waals surface area (Å²) in [6.07, 6.45) is 3.28. The Bertz CT molecular complexity index is 1390. The molecule has 4 N–H and O–H groups in total. The minimum absolute atomic E-state index is 0.284. The molecule has 2 atom stereocenters. The Morgan fingerprint density at radius 1 is 1.07 bits per heavy atom. The van der Waals surface area contributed by atoms with Crippen molar-refractivity contribution in [3.63, 3.8) is 0 Å². The normalized spacial score (nSPS) is 13.6. The van der Waals surface area contributed by atoms with E-state index in [1.165, 1.54) is 6.33 Å². The van der Waals surface area contributed by atoms with Gasteiger partial charge in [-0.2, -0.15) is 0 Å². The number of fused-ring (bicyclic) bond motifs is 1. The Hall–Kier alpha value is -4.33. The number of nitrogens with two attached hydrogens (primary N) is 1. The molecular weight excluding hydrogens is 561 g/mol. The molecule has 15 nitrogen and oxygen atoms in total. The van der Waals surface area contributed by atoms with Crippen LogP contribution in [0.4, 0.5) is 5.82 Å². The molecule has 0 spiro atoms. The predicted molar refractivity (Wildman–Crippen MR) is 146 cm³/mol. The minimum atomic E-state index is -3.82. The highest BCUT2D eigenvalue weighted by molar-refractivity contribution is 7.54. The maximum Gasteiger partial charge on any atom is 0.407 e. The molecule has 0 saturated heterocycles. The van der Waals surface area contributed by atoms with Crippen molar-refractivity contribution in [3.05, 3.63) is 55.1 Å². The fourth-order valence-corrected chi connectivity index (χ4v) is 4.11. The van der Waals surface area contributed by atoms with Gasteiger partial charge in [0, 0.05) is 12.2 Å². The number of imidazole rings is 1. The van der Waals surface area contributed by atoms with Gasteiger partial charge in [-0.25, -0.2) is 29.1 Å². The Morgan fingerprint density at radius 2 is 1.71 bits per heavy atom. The van der Waals surface area contributed by atoms with E-state index >= 15 is 0 Å². The topological polar surface area (TPSA) is 215 Å². The number of carboxylic acid groups (broad SMARTS) is 2. The molecule has 0 radical (unpaired) electrons. The summed E-state index contributed by atoms with van der Waals surface area (Å²) >= 11 is 0. The third-order valence-electron chi connectivity index (χ3n) is 4.81. The molecule has 0 aliphatic carbocycles. The first kappa shape index (κ1) is 32.9. The summed E-state index contributed by atoms with van der Waals surface area (Å²) in [6, 6.07) is 8.56. The van der Waals surface area contributed by atoms with E-state index in [1.807, 2.05) is 0 Å². The zero-order chi connectivity index (χ0) is 30.6. The molecule has 0 saturated carbocycles. The van der Waals surface area contributed by atoms with E-state index in [0.717, 1.165) is 0 Å². The fraction of sp³-hybridized carbons (Fsp3) is 0.360. The van der Waals surface area contributed by atoms with Crippen molar-refractivity contribution in [2.24, 2.45) is 5.41 Å². The summed E-state index contributed by atoms with van der Waals surface area (Å²) in [5.74, 6) is -2.38. The molecule has 0 aliphatic rings. The number of hydrogen-bond acceptors (Lipinski definition) is 12. The van der Waals surface area contributed by atoms with E-state index in [-0.39, 0.29) is 12.2 Å². The molecule has 2 aromatic heterocycles. The summed E-state index contributed by atoms with van der Waals surface area (Å²) in [5, 5.41) is 15.6. The van der Waals surface area contributed by atoms with E-state index in [4.69, 9.17) is 34.5 Å². The molecule has 0 fully saturated rings. The second-order valence-corrected chi connectivity index (χ2v) is 11.3. The smallest absolute Gasteiger partial charge is 0.407 e. The SMILES string of the molecule is C[C@H](Cn1cnc2c(N)ncnc21)OCP(=O)(OCOC(=O)C(C)(C)C)Oc1ccccc1.O=C(O)/C=C/C(=O)O. The summed E-state index contributed by atoms with van der Waals surface area (Å²) in [6.45, 7) is 6.75. The van der Waals surface area contributed by atoms with Crippen LogP contribution < -0.4 is 10.3 Å². The number of rotatable bonds is 12. The fourth-order valence-electron chi connectivity index (χ4n) is 2.83. The van der Waals surface area contributed by atoms with Crippen molar-refractivity contribution in [1.82, 2.24) is 19.5 Å². The number of nitrogen functional groups attached to an aromatic ring is 1. The number of carboxylic acids is 2. The number of benzene rings is 1. The first-order valence-electron chi connectivity index (χ1n) is 12.0. The van der Waals surface area contributed by atoms with Crippen molar-refractivity contribution < 1.29 is 47.7 Å². The summed E-state index contributed by atoms with van der Waals surface area (Å²) < 4.78 is 37.0. The molecule has 2 heterocycles. The van der Waals surface area contributed by atoms with Gasteiger partial charge in [-0.3, -0.25) is 9.32 Å². The molecule has 16 heteroatoms. The van der Waals surface area contributed by atoms with Crippen molar-refractivity contribution >= 4 is 42.5 Å². The minimum Gasteiger partial charge on any atom is -0.478 e. The number of para-hydroxylation sites is 1. The van der Waals surface area contributed by atoms with Crippen LogP contribution in [0, 0.1) is 5.41 Å². The zero-order valence-electron chi connectivity index (χ0n) is 22.9. The number of aromatic nitrogens is 4. The molecule has 3 aromatic rings. The standard InChI is InChI=1S/C21H28N5O6P.C4H4O4/c1-15(10-26-12-25-17-18(22)23-11-24-19(17)26)30-14-33(28,32-16-8-6-5-7-9-16)31-13-29-20(27)21(2,3)4;5-3(6)1-2-4(7)8/h5-9,11-12,15H,10,13-14H2,1-4H3,(H2,22,23,24);1-2H,(H,5,6)(H,7,8)/b;2-1+/t15-,33?;/m1./s1. The monoisotopic (exact) mass is 593 g/mol. The van der Waals surface area contributed by atoms with Gasteiger partial charge < -0.3 is 34.5 Å². The number of aliphatic carboxylic acids is 2. The van der Waals surface area contributed by atoms with Gasteiger partial charge in [-0.05, 0) is 39.8 Å². The summed E-state index contributed by atoms with van der Waals surface area (Å²) in [7, 11) is -3.82. The van der Waals surface area contributed by atoms with E-state index in [1.54, 1.807) is 68.9 Å². The Labute approximate surface area is 235 Å². The Kier molecular flexibility index (Phi) is 11.9. The van der Waals surface area contributed by atoms with Gasteiger partial charge in [0.25, 0.3) is 0 Å². The van der Waals surface area contributed by atoms with Gasteiger partial charge in [0.1, 0.15) is 17.6 Å². The number of carbonyl (C=O) groups excluding carboxylic acids is 1. The molecular formula is C25H32N5O10P. The predicted octanol–water partition coefficient (Wildman–Crippen LogP) is 3.32. The highest BCUT2D eigenvalue weighted by atomic mass is 31.2. The van der Waals surface area contributed by atoms with Gasteiger partial charge in [-0.15, -0.1) is 0 Å². The highest BCUT2D eigenvalue weighted by Gasteiger charge is 2.30. The number of esters is 1. The van der Waals surface area contributed by atoms with Crippen LogP contribution in [-0.2, 0) is 39.5 Å². The number of ether oxygens (including phenoxy) is 2. The molecule has 0 bridgehead atoms.